The molecule has 0 aliphatic heterocycles. The van der Waals surface area contributed by atoms with E-state index in [1.54, 1.807) is 6.07 Å². The van der Waals surface area contributed by atoms with Gasteiger partial charge in [0.1, 0.15) is 18.2 Å². The lowest BCUT2D eigenvalue weighted by Gasteiger charge is -2.11. The molecular weight excluding hydrogens is 239 g/mol. The zero-order valence-electron chi connectivity index (χ0n) is 11.4. The Labute approximate surface area is 114 Å². The summed E-state index contributed by atoms with van der Waals surface area (Å²) in [6, 6.07) is 13.1. The van der Waals surface area contributed by atoms with Crippen molar-refractivity contribution < 1.29 is 9.13 Å². The van der Waals surface area contributed by atoms with Crippen molar-refractivity contribution in [1.82, 2.24) is 0 Å². The maximum atomic E-state index is 13.8. The van der Waals surface area contributed by atoms with Gasteiger partial charge in [0.25, 0.3) is 0 Å². The molecule has 0 bridgehead atoms. The Morgan fingerprint density at radius 3 is 2.32 bits per heavy atom. The quantitative estimate of drug-likeness (QED) is 0.765. The van der Waals surface area contributed by atoms with E-state index < -0.39 is 0 Å². The Kier molecular flexibility index (Phi) is 4.56. The van der Waals surface area contributed by atoms with Crippen molar-refractivity contribution in [1.29, 1.82) is 0 Å². The standard InChI is InChI=1S/C17H19FO/c1-3-13-8-10-15(11-9-13)19-12-16-14(4-2)6-5-7-17(16)18/h5-11H,3-4,12H2,1-2H3. The van der Waals surface area contributed by atoms with Crippen LogP contribution in [0.2, 0.25) is 0 Å². The van der Waals surface area contributed by atoms with Gasteiger partial charge in [-0.2, -0.15) is 0 Å². The second-order valence-electron chi connectivity index (χ2n) is 4.52. The van der Waals surface area contributed by atoms with Crippen LogP contribution in [0.15, 0.2) is 42.5 Å². The summed E-state index contributed by atoms with van der Waals surface area (Å²) in [7, 11) is 0. The molecule has 0 fully saturated rings. The van der Waals surface area contributed by atoms with Crippen LogP contribution in [0.25, 0.3) is 0 Å². The van der Waals surface area contributed by atoms with Crippen LogP contribution in [-0.4, -0.2) is 0 Å². The Bertz CT molecular complexity index is 531. The number of ether oxygens (including phenoxy) is 1. The number of hydrogen-bond acceptors (Lipinski definition) is 1. The van der Waals surface area contributed by atoms with Crippen LogP contribution in [-0.2, 0) is 19.4 Å². The largest absolute Gasteiger partial charge is 0.489 e. The zero-order valence-corrected chi connectivity index (χ0v) is 11.4. The highest BCUT2D eigenvalue weighted by Crippen LogP contribution is 2.19. The van der Waals surface area contributed by atoms with Gasteiger partial charge >= 0.3 is 0 Å². The second kappa shape index (κ2) is 6.37. The fourth-order valence-electron chi connectivity index (χ4n) is 2.07. The van der Waals surface area contributed by atoms with Crippen LogP contribution >= 0.6 is 0 Å². The van der Waals surface area contributed by atoms with Gasteiger partial charge in [-0.3, -0.25) is 0 Å². The summed E-state index contributed by atoms with van der Waals surface area (Å²) in [5.41, 5.74) is 2.93. The minimum absolute atomic E-state index is 0.190. The van der Waals surface area contributed by atoms with Gasteiger partial charge in [-0.15, -0.1) is 0 Å². The van der Waals surface area contributed by atoms with E-state index in [0.717, 1.165) is 24.2 Å². The number of rotatable bonds is 5. The van der Waals surface area contributed by atoms with Crippen molar-refractivity contribution in [2.24, 2.45) is 0 Å². The molecular formula is C17H19FO. The minimum Gasteiger partial charge on any atom is -0.489 e. The molecule has 0 unspecified atom stereocenters. The number of hydrogen-bond donors (Lipinski definition) is 0. The number of halogens is 1. The SMILES string of the molecule is CCc1ccc(OCc2c(F)cccc2CC)cc1. The van der Waals surface area contributed by atoms with E-state index in [2.05, 4.69) is 6.92 Å². The summed E-state index contributed by atoms with van der Waals surface area (Å²) in [4.78, 5) is 0. The molecule has 0 amide bonds. The van der Waals surface area contributed by atoms with Crippen LogP contribution in [0.5, 0.6) is 5.75 Å². The van der Waals surface area contributed by atoms with Crippen molar-refractivity contribution in [3.63, 3.8) is 0 Å². The maximum absolute atomic E-state index is 13.8. The van der Waals surface area contributed by atoms with Crippen molar-refractivity contribution in [3.8, 4) is 5.75 Å². The van der Waals surface area contributed by atoms with E-state index in [9.17, 15) is 4.39 Å². The Morgan fingerprint density at radius 2 is 1.68 bits per heavy atom. The normalized spacial score (nSPS) is 10.5. The molecule has 0 aliphatic carbocycles. The molecule has 0 saturated heterocycles. The minimum atomic E-state index is -0.190. The van der Waals surface area contributed by atoms with E-state index in [1.165, 1.54) is 11.6 Å². The smallest absolute Gasteiger partial charge is 0.130 e. The first-order valence-corrected chi connectivity index (χ1v) is 6.72. The van der Waals surface area contributed by atoms with E-state index in [4.69, 9.17) is 4.74 Å². The van der Waals surface area contributed by atoms with Crippen LogP contribution in [0, 0.1) is 5.82 Å². The molecule has 2 aromatic rings. The van der Waals surface area contributed by atoms with Gasteiger partial charge in [-0.05, 0) is 42.2 Å². The van der Waals surface area contributed by atoms with Crippen LogP contribution < -0.4 is 4.74 Å². The third-order valence-corrected chi connectivity index (χ3v) is 3.31. The number of benzene rings is 2. The van der Waals surface area contributed by atoms with E-state index >= 15 is 0 Å². The van der Waals surface area contributed by atoms with E-state index in [-0.39, 0.29) is 12.4 Å². The van der Waals surface area contributed by atoms with Gasteiger partial charge in [0.15, 0.2) is 0 Å². The predicted molar refractivity (Wildman–Crippen MR) is 75.9 cm³/mol. The highest BCUT2D eigenvalue weighted by molar-refractivity contribution is 5.30. The average molecular weight is 258 g/mol. The van der Waals surface area contributed by atoms with E-state index in [0.29, 0.717) is 5.56 Å². The van der Waals surface area contributed by atoms with Crippen molar-refractivity contribution in [3.05, 3.63) is 65.0 Å². The summed E-state index contributed by atoms with van der Waals surface area (Å²) < 4.78 is 19.5. The molecule has 0 saturated carbocycles. The van der Waals surface area contributed by atoms with Gasteiger partial charge in [0, 0.05) is 5.56 Å². The summed E-state index contributed by atoms with van der Waals surface area (Å²) in [6.45, 7) is 4.42. The Morgan fingerprint density at radius 1 is 0.947 bits per heavy atom. The molecule has 100 valence electrons. The first kappa shape index (κ1) is 13.6. The molecule has 0 aromatic heterocycles. The molecule has 0 spiro atoms. The van der Waals surface area contributed by atoms with E-state index in [1.807, 2.05) is 37.3 Å². The first-order chi connectivity index (χ1) is 9.24. The lowest BCUT2D eigenvalue weighted by atomic mass is 10.1. The molecule has 2 rings (SSSR count). The second-order valence-corrected chi connectivity index (χ2v) is 4.52. The highest BCUT2D eigenvalue weighted by Gasteiger charge is 2.07. The van der Waals surface area contributed by atoms with Gasteiger partial charge < -0.3 is 4.74 Å². The van der Waals surface area contributed by atoms with Crippen molar-refractivity contribution >= 4 is 0 Å². The van der Waals surface area contributed by atoms with Gasteiger partial charge in [0.05, 0.1) is 0 Å². The predicted octanol–water partition coefficient (Wildman–Crippen LogP) is 4.53. The monoisotopic (exact) mass is 258 g/mol. The first-order valence-electron chi connectivity index (χ1n) is 6.72. The molecule has 0 atom stereocenters. The molecule has 2 heteroatoms. The molecule has 0 heterocycles. The topological polar surface area (TPSA) is 9.23 Å². The van der Waals surface area contributed by atoms with Gasteiger partial charge in [-0.25, -0.2) is 4.39 Å². The lowest BCUT2D eigenvalue weighted by Crippen LogP contribution is -2.02. The van der Waals surface area contributed by atoms with Crippen molar-refractivity contribution in [2.45, 2.75) is 33.3 Å². The lowest BCUT2D eigenvalue weighted by molar-refractivity contribution is 0.298. The summed E-state index contributed by atoms with van der Waals surface area (Å²) in [6.07, 6.45) is 1.82. The van der Waals surface area contributed by atoms with Crippen molar-refractivity contribution in [2.75, 3.05) is 0 Å². The Balaban J connectivity index is 2.09. The van der Waals surface area contributed by atoms with Gasteiger partial charge in [-0.1, -0.05) is 38.1 Å². The molecule has 0 N–H and O–H groups in total. The van der Waals surface area contributed by atoms with Crippen LogP contribution in [0.1, 0.15) is 30.5 Å². The third kappa shape index (κ3) is 3.34. The molecule has 19 heavy (non-hydrogen) atoms. The molecule has 1 nitrogen and oxygen atoms in total. The molecule has 2 aromatic carbocycles. The Hall–Kier alpha value is -1.83. The molecule has 0 aliphatic rings. The zero-order chi connectivity index (χ0) is 13.7. The average Bonchev–Trinajstić information content (AvgIpc) is 2.46. The highest BCUT2D eigenvalue weighted by atomic mass is 19.1. The molecule has 0 radical (unpaired) electrons. The fraction of sp³-hybridized carbons (Fsp3) is 0.294. The van der Waals surface area contributed by atoms with Crippen LogP contribution in [0.3, 0.4) is 0 Å². The summed E-state index contributed by atoms with van der Waals surface area (Å²) in [5, 5.41) is 0. The van der Waals surface area contributed by atoms with Gasteiger partial charge in [0.2, 0.25) is 0 Å². The summed E-state index contributed by atoms with van der Waals surface area (Å²) in [5.74, 6) is 0.590. The maximum Gasteiger partial charge on any atom is 0.130 e. The third-order valence-electron chi connectivity index (χ3n) is 3.31. The number of aryl methyl sites for hydroxylation is 2. The van der Waals surface area contributed by atoms with Crippen LogP contribution in [0.4, 0.5) is 4.39 Å². The summed E-state index contributed by atoms with van der Waals surface area (Å²) >= 11 is 0. The fourth-order valence-corrected chi connectivity index (χ4v) is 2.07.